The van der Waals surface area contributed by atoms with E-state index in [4.69, 9.17) is 10.2 Å². The second-order valence-corrected chi connectivity index (χ2v) is 3.17. The van der Waals surface area contributed by atoms with Crippen LogP contribution in [0.5, 0.6) is 0 Å². The number of hydrogen-bond acceptors (Lipinski definition) is 4. The van der Waals surface area contributed by atoms with Crippen molar-refractivity contribution in [2.45, 2.75) is 31.8 Å². The van der Waals surface area contributed by atoms with Crippen molar-refractivity contribution in [3.8, 4) is 0 Å². The topological polar surface area (TPSA) is 64.1 Å². The highest BCUT2D eigenvalue weighted by atomic mass is 16.3. The zero-order valence-electron chi connectivity index (χ0n) is 6.92. The molecule has 4 nitrogen and oxygen atoms in total. The number of nitrogens with zero attached hydrogens (tertiary/aromatic N) is 1. The zero-order valence-corrected chi connectivity index (χ0v) is 6.92. The zero-order chi connectivity index (χ0) is 8.39. The Balaban J connectivity index is 1.79. The Morgan fingerprint density at radius 2 is 2.50 bits per heavy atom. The van der Waals surface area contributed by atoms with E-state index < -0.39 is 0 Å². The van der Waals surface area contributed by atoms with Crippen LogP contribution in [0.15, 0.2) is 10.7 Å². The minimum absolute atomic E-state index is 0.459. The molecule has 0 bridgehead atoms. The molecule has 2 rings (SSSR count). The van der Waals surface area contributed by atoms with Crippen molar-refractivity contribution >= 4 is 5.82 Å². The van der Waals surface area contributed by atoms with Gasteiger partial charge in [-0.15, -0.1) is 0 Å². The molecule has 66 valence electrons. The van der Waals surface area contributed by atoms with Gasteiger partial charge in [0.25, 0.3) is 0 Å². The molecule has 0 atom stereocenters. The average molecular weight is 167 g/mol. The Morgan fingerprint density at radius 3 is 3.00 bits per heavy atom. The monoisotopic (exact) mass is 167 g/mol. The third kappa shape index (κ3) is 1.58. The summed E-state index contributed by atoms with van der Waals surface area (Å²) in [5, 5.41) is 3.34. The molecule has 0 amide bonds. The molecule has 0 unspecified atom stereocenters. The Hall–Kier alpha value is -1.03. The van der Waals surface area contributed by atoms with Gasteiger partial charge >= 0.3 is 0 Å². The number of aromatic nitrogens is 1. The van der Waals surface area contributed by atoms with Gasteiger partial charge in [-0.25, -0.2) is 0 Å². The predicted molar refractivity (Wildman–Crippen MR) is 45.4 cm³/mol. The first-order chi connectivity index (χ1) is 5.84. The molecule has 0 aromatic carbocycles. The lowest BCUT2D eigenvalue weighted by molar-refractivity contribution is 0.322. The largest absolute Gasteiger partial charge is 0.445 e. The molecule has 3 N–H and O–H groups in total. The number of rotatable bonds is 3. The Labute approximate surface area is 71.2 Å². The van der Waals surface area contributed by atoms with Crippen LogP contribution in [0.1, 0.15) is 25.2 Å². The van der Waals surface area contributed by atoms with Crippen molar-refractivity contribution < 1.29 is 4.42 Å². The first-order valence-corrected chi connectivity index (χ1v) is 4.28. The summed E-state index contributed by atoms with van der Waals surface area (Å²) in [6.07, 6.45) is 5.36. The maximum atomic E-state index is 5.40. The van der Waals surface area contributed by atoms with E-state index >= 15 is 0 Å². The normalized spacial score (nSPS) is 17.7. The third-order valence-corrected chi connectivity index (χ3v) is 2.22. The van der Waals surface area contributed by atoms with Gasteiger partial charge in [0.1, 0.15) is 6.26 Å². The van der Waals surface area contributed by atoms with E-state index in [0.29, 0.717) is 24.3 Å². The Morgan fingerprint density at radius 1 is 1.67 bits per heavy atom. The number of oxazole rings is 1. The van der Waals surface area contributed by atoms with Crippen LogP contribution in [0, 0.1) is 0 Å². The maximum Gasteiger partial charge on any atom is 0.209 e. The number of nitrogens with two attached hydrogens (primary N) is 1. The summed E-state index contributed by atoms with van der Waals surface area (Å²) in [7, 11) is 0. The van der Waals surface area contributed by atoms with Gasteiger partial charge in [0.15, 0.2) is 5.82 Å². The first-order valence-electron chi connectivity index (χ1n) is 4.28. The standard InChI is InChI=1S/C8H13N3O/c9-7-5-12-8(11-7)4-10-6-2-1-3-6/h5-6,10H,1-4,9H2. The van der Waals surface area contributed by atoms with Crippen molar-refractivity contribution in [2.24, 2.45) is 0 Å². The molecule has 4 heteroatoms. The molecule has 1 aliphatic carbocycles. The van der Waals surface area contributed by atoms with Gasteiger partial charge in [0.05, 0.1) is 6.54 Å². The first kappa shape index (κ1) is 7.61. The summed E-state index contributed by atoms with van der Waals surface area (Å²) in [4.78, 5) is 3.99. The van der Waals surface area contributed by atoms with Gasteiger partial charge in [-0.1, -0.05) is 6.42 Å². The lowest BCUT2D eigenvalue weighted by Crippen LogP contribution is -2.34. The summed E-state index contributed by atoms with van der Waals surface area (Å²) < 4.78 is 5.08. The third-order valence-electron chi connectivity index (χ3n) is 2.22. The molecule has 0 radical (unpaired) electrons. The number of nitrogens with one attached hydrogen (secondary N) is 1. The van der Waals surface area contributed by atoms with E-state index in [1.54, 1.807) is 0 Å². The summed E-state index contributed by atoms with van der Waals surface area (Å²) in [6.45, 7) is 0.696. The van der Waals surface area contributed by atoms with Crippen molar-refractivity contribution in [2.75, 3.05) is 5.73 Å². The Kier molecular flexibility index (Phi) is 1.99. The fourth-order valence-corrected chi connectivity index (χ4v) is 1.25. The smallest absolute Gasteiger partial charge is 0.209 e. The lowest BCUT2D eigenvalue weighted by atomic mass is 9.93. The van der Waals surface area contributed by atoms with Gasteiger partial charge in [-0.2, -0.15) is 4.98 Å². The SMILES string of the molecule is Nc1coc(CNC2CCC2)n1. The maximum absolute atomic E-state index is 5.40. The van der Waals surface area contributed by atoms with Gasteiger partial charge < -0.3 is 15.5 Å². The molecular formula is C8H13N3O. The summed E-state index contributed by atoms with van der Waals surface area (Å²) in [6, 6.07) is 0.665. The molecule has 1 aromatic rings. The van der Waals surface area contributed by atoms with Crippen LogP contribution in [0.2, 0.25) is 0 Å². The van der Waals surface area contributed by atoms with E-state index in [0.717, 1.165) is 0 Å². The van der Waals surface area contributed by atoms with Gasteiger partial charge in [-0.05, 0) is 12.8 Å². The fourth-order valence-electron chi connectivity index (χ4n) is 1.25. The highest BCUT2D eigenvalue weighted by Crippen LogP contribution is 2.18. The predicted octanol–water partition coefficient (Wildman–Crippen LogP) is 0.899. The highest BCUT2D eigenvalue weighted by molar-refractivity contribution is 5.21. The van der Waals surface area contributed by atoms with Crippen molar-refractivity contribution in [1.29, 1.82) is 0 Å². The van der Waals surface area contributed by atoms with E-state index in [9.17, 15) is 0 Å². The van der Waals surface area contributed by atoms with E-state index in [1.165, 1.54) is 25.5 Å². The van der Waals surface area contributed by atoms with Gasteiger partial charge in [-0.3, -0.25) is 0 Å². The second kappa shape index (κ2) is 3.15. The van der Waals surface area contributed by atoms with E-state index in [-0.39, 0.29) is 0 Å². The van der Waals surface area contributed by atoms with E-state index in [1.807, 2.05) is 0 Å². The van der Waals surface area contributed by atoms with Crippen molar-refractivity contribution in [1.82, 2.24) is 10.3 Å². The summed E-state index contributed by atoms with van der Waals surface area (Å²) >= 11 is 0. The molecular weight excluding hydrogens is 154 g/mol. The molecule has 0 aliphatic heterocycles. The lowest BCUT2D eigenvalue weighted by Gasteiger charge is -2.25. The van der Waals surface area contributed by atoms with Gasteiger partial charge in [0.2, 0.25) is 5.89 Å². The van der Waals surface area contributed by atoms with Gasteiger partial charge in [0, 0.05) is 6.04 Å². The van der Waals surface area contributed by atoms with Crippen molar-refractivity contribution in [3.63, 3.8) is 0 Å². The van der Waals surface area contributed by atoms with Crippen molar-refractivity contribution in [3.05, 3.63) is 12.2 Å². The molecule has 1 aromatic heterocycles. The summed E-state index contributed by atoms with van der Waals surface area (Å²) in [5.74, 6) is 1.14. The molecule has 1 saturated carbocycles. The fraction of sp³-hybridized carbons (Fsp3) is 0.625. The van der Waals surface area contributed by atoms with E-state index in [2.05, 4.69) is 10.3 Å². The molecule has 0 spiro atoms. The quantitative estimate of drug-likeness (QED) is 0.702. The minimum Gasteiger partial charge on any atom is -0.445 e. The number of hydrogen-bond donors (Lipinski definition) is 2. The summed E-state index contributed by atoms with van der Waals surface area (Å²) in [5.41, 5.74) is 5.40. The van der Waals surface area contributed by atoms with Crippen LogP contribution in [0.4, 0.5) is 5.82 Å². The molecule has 1 fully saturated rings. The molecule has 0 saturated heterocycles. The van der Waals surface area contributed by atoms with Crippen LogP contribution in [0.25, 0.3) is 0 Å². The van der Waals surface area contributed by atoms with Crippen LogP contribution in [0.3, 0.4) is 0 Å². The number of anilines is 1. The van der Waals surface area contributed by atoms with Crippen LogP contribution >= 0.6 is 0 Å². The average Bonchev–Trinajstić information content (AvgIpc) is 2.32. The van der Waals surface area contributed by atoms with Crippen LogP contribution < -0.4 is 11.1 Å². The minimum atomic E-state index is 0.459. The molecule has 12 heavy (non-hydrogen) atoms. The Bertz CT molecular complexity index is 255. The number of nitrogen functional groups attached to an aromatic ring is 1. The highest BCUT2D eigenvalue weighted by Gasteiger charge is 2.16. The molecule has 1 heterocycles. The second-order valence-electron chi connectivity index (χ2n) is 3.17. The van der Waals surface area contributed by atoms with Crippen LogP contribution in [-0.4, -0.2) is 11.0 Å². The molecule has 1 aliphatic rings. The van der Waals surface area contributed by atoms with Crippen LogP contribution in [-0.2, 0) is 6.54 Å².